The first kappa shape index (κ1) is 15.9. The second-order valence-corrected chi connectivity index (χ2v) is 7.84. The first-order valence-corrected chi connectivity index (χ1v) is 9.44. The number of rotatable bonds is 2. The number of aromatic nitrogens is 2. The molecule has 1 atom stereocenters. The zero-order chi connectivity index (χ0) is 16.7. The van der Waals surface area contributed by atoms with E-state index in [-0.39, 0.29) is 12.1 Å². The molecule has 0 aliphatic carbocycles. The number of hydrogen-bond acceptors (Lipinski definition) is 3. The molecule has 1 amide bonds. The van der Waals surface area contributed by atoms with E-state index >= 15 is 0 Å². The van der Waals surface area contributed by atoms with Gasteiger partial charge in [0.05, 0.1) is 23.1 Å². The zero-order valence-corrected chi connectivity index (χ0v) is 16.6. The lowest BCUT2D eigenvalue weighted by molar-refractivity contribution is 0.0935. The van der Waals surface area contributed by atoms with Gasteiger partial charge in [-0.15, -0.1) is 0 Å². The molecule has 2 heterocycles. The van der Waals surface area contributed by atoms with Crippen LogP contribution in [-0.2, 0) is 0 Å². The van der Waals surface area contributed by atoms with Gasteiger partial charge in [0.1, 0.15) is 6.17 Å². The molecule has 7 heteroatoms. The van der Waals surface area contributed by atoms with Crippen molar-refractivity contribution in [3.63, 3.8) is 0 Å². The van der Waals surface area contributed by atoms with Crippen molar-refractivity contribution in [1.82, 2.24) is 15.5 Å². The van der Waals surface area contributed by atoms with Crippen molar-refractivity contribution in [2.75, 3.05) is 5.32 Å². The number of benzene rings is 2. The van der Waals surface area contributed by atoms with E-state index in [4.69, 9.17) is 0 Å². The summed E-state index contributed by atoms with van der Waals surface area (Å²) < 4.78 is 2.07. The molecule has 1 aliphatic heterocycles. The Morgan fingerprint density at radius 2 is 1.83 bits per heavy atom. The Kier molecular flexibility index (Phi) is 4.21. The fourth-order valence-corrected chi connectivity index (χ4v) is 4.79. The van der Waals surface area contributed by atoms with Crippen molar-refractivity contribution in [1.29, 1.82) is 0 Å². The van der Waals surface area contributed by atoms with Gasteiger partial charge in [0.2, 0.25) is 0 Å². The van der Waals surface area contributed by atoms with Crippen LogP contribution < -0.4 is 10.6 Å². The van der Waals surface area contributed by atoms with Gasteiger partial charge in [-0.2, -0.15) is 5.10 Å². The van der Waals surface area contributed by atoms with Crippen LogP contribution in [0.4, 0.5) is 5.69 Å². The molecule has 3 N–H and O–H groups in total. The first-order chi connectivity index (χ1) is 11.6. The minimum absolute atomic E-state index is 0.0783. The van der Waals surface area contributed by atoms with Gasteiger partial charge in [0.15, 0.2) is 0 Å². The van der Waals surface area contributed by atoms with Gasteiger partial charge in [-0.05, 0) is 62.9 Å². The highest BCUT2D eigenvalue weighted by Crippen LogP contribution is 2.34. The lowest BCUT2D eigenvalue weighted by Gasteiger charge is -2.29. The second-order valence-electron chi connectivity index (χ2n) is 5.43. The SMILES string of the molecule is O=C1NC(c2cn[nH]c2-c2ccccc2)Nc2c(I)cc(I)cc21. The molecule has 0 spiro atoms. The Labute approximate surface area is 165 Å². The summed E-state index contributed by atoms with van der Waals surface area (Å²) in [5.41, 5.74) is 4.38. The Hall–Kier alpha value is -1.62. The van der Waals surface area contributed by atoms with Crippen LogP contribution in [0.1, 0.15) is 22.1 Å². The predicted molar refractivity (Wildman–Crippen MR) is 110 cm³/mol. The van der Waals surface area contributed by atoms with E-state index in [1.165, 1.54) is 0 Å². The average molecular weight is 542 g/mol. The van der Waals surface area contributed by atoms with E-state index in [9.17, 15) is 4.79 Å². The number of nitrogens with one attached hydrogen (secondary N) is 3. The van der Waals surface area contributed by atoms with Crippen molar-refractivity contribution in [2.24, 2.45) is 0 Å². The smallest absolute Gasteiger partial charge is 0.255 e. The van der Waals surface area contributed by atoms with Crippen LogP contribution >= 0.6 is 45.2 Å². The molecule has 120 valence electrons. The fraction of sp³-hybridized carbons (Fsp3) is 0.0588. The third-order valence-electron chi connectivity index (χ3n) is 3.91. The highest BCUT2D eigenvalue weighted by Gasteiger charge is 2.29. The van der Waals surface area contributed by atoms with Gasteiger partial charge < -0.3 is 10.6 Å². The molecule has 2 aromatic carbocycles. The third kappa shape index (κ3) is 2.79. The summed E-state index contributed by atoms with van der Waals surface area (Å²) in [5, 5.41) is 13.7. The molecule has 0 fully saturated rings. The summed E-state index contributed by atoms with van der Waals surface area (Å²) in [6.45, 7) is 0. The summed E-state index contributed by atoms with van der Waals surface area (Å²) in [6, 6.07) is 13.9. The third-order valence-corrected chi connectivity index (χ3v) is 5.38. The van der Waals surface area contributed by atoms with Crippen molar-refractivity contribution >= 4 is 56.8 Å². The topological polar surface area (TPSA) is 69.8 Å². The number of carbonyl (C=O) groups is 1. The molecular weight excluding hydrogens is 530 g/mol. The summed E-state index contributed by atoms with van der Waals surface area (Å²) in [5.74, 6) is -0.0783. The number of hydrogen-bond donors (Lipinski definition) is 3. The van der Waals surface area contributed by atoms with Gasteiger partial charge in [0, 0.05) is 12.7 Å². The van der Waals surface area contributed by atoms with Crippen LogP contribution in [0.2, 0.25) is 0 Å². The van der Waals surface area contributed by atoms with E-state index in [0.29, 0.717) is 5.56 Å². The largest absolute Gasteiger partial charge is 0.360 e. The highest BCUT2D eigenvalue weighted by atomic mass is 127. The van der Waals surface area contributed by atoms with Gasteiger partial charge in [-0.3, -0.25) is 9.89 Å². The minimum atomic E-state index is -0.326. The fourth-order valence-electron chi connectivity index (χ4n) is 2.79. The molecule has 0 radical (unpaired) electrons. The van der Waals surface area contributed by atoms with Crippen LogP contribution in [0, 0.1) is 7.14 Å². The van der Waals surface area contributed by atoms with Crippen LogP contribution in [0.15, 0.2) is 48.7 Å². The van der Waals surface area contributed by atoms with E-state index in [2.05, 4.69) is 72.1 Å². The summed E-state index contributed by atoms with van der Waals surface area (Å²) in [7, 11) is 0. The molecular formula is C17H12I2N4O. The highest BCUT2D eigenvalue weighted by molar-refractivity contribution is 14.1. The molecule has 0 saturated carbocycles. The summed E-state index contributed by atoms with van der Waals surface area (Å²) >= 11 is 4.48. The Morgan fingerprint density at radius 1 is 1.04 bits per heavy atom. The van der Waals surface area contributed by atoms with Gasteiger partial charge in [-0.25, -0.2) is 0 Å². The van der Waals surface area contributed by atoms with Crippen molar-refractivity contribution in [3.05, 3.63) is 66.9 Å². The molecule has 3 aromatic rings. The maximum Gasteiger partial charge on any atom is 0.255 e. The normalized spacial score (nSPS) is 16.2. The lowest BCUT2D eigenvalue weighted by Crippen LogP contribution is -2.39. The maximum atomic E-state index is 12.6. The van der Waals surface area contributed by atoms with E-state index in [0.717, 1.165) is 29.6 Å². The average Bonchev–Trinajstić information content (AvgIpc) is 3.06. The number of fused-ring (bicyclic) bond motifs is 1. The molecule has 1 unspecified atom stereocenters. The Balaban J connectivity index is 1.76. The molecule has 0 saturated heterocycles. The summed E-state index contributed by atoms with van der Waals surface area (Å²) in [6.07, 6.45) is 1.43. The number of H-pyrrole nitrogens is 1. The number of anilines is 1. The molecule has 5 nitrogen and oxygen atoms in total. The van der Waals surface area contributed by atoms with Crippen LogP contribution in [0.3, 0.4) is 0 Å². The zero-order valence-electron chi connectivity index (χ0n) is 12.3. The number of amides is 1. The standard InChI is InChI=1S/C17H12I2N4O/c18-10-6-11-15(13(19)7-10)21-16(22-17(11)24)12-8-20-23-14(12)9-4-2-1-3-5-9/h1-8,16,21H,(H,20,23)(H,22,24). The number of nitrogens with zero attached hydrogens (tertiary/aromatic N) is 1. The van der Waals surface area contributed by atoms with Crippen molar-refractivity contribution in [3.8, 4) is 11.3 Å². The monoisotopic (exact) mass is 542 g/mol. The minimum Gasteiger partial charge on any atom is -0.360 e. The quantitative estimate of drug-likeness (QED) is 0.427. The Bertz CT molecular complexity index is 924. The van der Waals surface area contributed by atoms with Crippen LogP contribution in [-0.4, -0.2) is 16.1 Å². The molecule has 4 rings (SSSR count). The van der Waals surface area contributed by atoms with E-state index in [1.807, 2.05) is 36.4 Å². The van der Waals surface area contributed by atoms with Gasteiger partial charge in [0.25, 0.3) is 5.91 Å². The first-order valence-electron chi connectivity index (χ1n) is 7.28. The van der Waals surface area contributed by atoms with Crippen molar-refractivity contribution in [2.45, 2.75) is 6.17 Å². The molecule has 1 aromatic heterocycles. The predicted octanol–water partition coefficient (Wildman–Crippen LogP) is 4.14. The van der Waals surface area contributed by atoms with E-state index < -0.39 is 0 Å². The number of aromatic amines is 1. The Morgan fingerprint density at radius 3 is 2.62 bits per heavy atom. The molecule has 1 aliphatic rings. The summed E-state index contributed by atoms with van der Waals surface area (Å²) in [4.78, 5) is 12.6. The lowest BCUT2D eigenvalue weighted by atomic mass is 10.0. The number of carbonyl (C=O) groups excluding carboxylic acids is 1. The van der Waals surface area contributed by atoms with Gasteiger partial charge in [-0.1, -0.05) is 30.3 Å². The van der Waals surface area contributed by atoms with Gasteiger partial charge >= 0.3 is 0 Å². The van der Waals surface area contributed by atoms with Crippen molar-refractivity contribution < 1.29 is 4.79 Å². The molecule has 0 bridgehead atoms. The maximum absolute atomic E-state index is 12.6. The molecule has 24 heavy (non-hydrogen) atoms. The van der Waals surface area contributed by atoms with Crippen LogP contribution in [0.5, 0.6) is 0 Å². The number of halogens is 2. The van der Waals surface area contributed by atoms with Crippen LogP contribution in [0.25, 0.3) is 11.3 Å². The second kappa shape index (κ2) is 6.36. The van der Waals surface area contributed by atoms with E-state index in [1.54, 1.807) is 6.20 Å².